The average molecular weight is 277 g/mol. The minimum absolute atomic E-state index is 0.0736. The maximum atomic E-state index is 11.4. The molecule has 1 aromatic carbocycles. The summed E-state index contributed by atoms with van der Waals surface area (Å²) in [5, 5.41) is 22.9. The highest BCUT2D eigenvalue weighted by atomic mass is 16.6. The summed E-state index contributed by atoms with van der Waals surface area (Å²) in [6, 6.07) is 2.99. The molecule has 0 aromatic heterocycles. The number of nitro benzene ring substituents is 1. The van der Waals surface area contributed by atoms with Gasteiger partial charge >= 0.3 is 0 Å². The summed E-state index contributed by atoms with van der Waals surface area (Å²) >= 11 is 0. The fraction of sp³-hybridized carbons (Fsp3) is 0.308. The van der Waals surface area contributed by atoms with Crippen molar-refractivity contribution in [1.29, 1.82) is 0 Å². The molecule has 0 bridgehead atoms. The van der Waals surface area contributed by atoms with E-state index in [-0.39, 0.29) is 31.2 Å². The topological polar surface area (TPSA) is 95.7 Å². The van der Waals surface area contributed by atoms with E-state index < -0.39 is 4.92 Å². The van der Waals surface area contributed by atoms with Gasteiger partial charge in [-0.3, -0.25) is 14.9 Å². The van der Waals surface area contributed by atoms with Crippen molar-refractivity contribution in [3.8, 4) is 0 Å². The van der Waals surface area contributed by atoms with E-state index in [2.05, 4.69) is 11.9 Å². The van der Waals surface area contributed by atoms with Crippen molar-refractivity contribution in [3.05, 3.63) is 40.5 Å². The Balaban J connectivity index is 2.49. The first kappa shape index (κ1) is 14.0. The first-order chi connectivity index (χ1) is 9.56. The predicted molar refractivity (Wildman–Crippen MR) is 74.9 cm³/mol. The van der Waals surface area contributed by atoms with Crippen LogP contribution in [0.1, 0.15) is 5.56 Å². The van der Waals surface area contributed by atoms with Gasteiger partial charge in [0.2, 0.25) is 5.91 Å². The van der Waals surface area contributed by atoms with Gasteiger partial charge in [-0.2, -0.15) is 0 Å². The monoisotopic (exact) mass is 277 g/mol. The van der Waals surface area contributed by atoms with Gasteiger partial charge in [0, 0.05) is 24.8 Å². The summed E-state index contributed by atoms with van der Waals surface area (Å²) in [6.45, 7) is 4.09. The quantitative estimate of drug-likeness (QED) is 0.461. The number of anilines is 2. The molecule has 0 unspecified atom stereocenters. The van der Waals surface area contributed by atoms with Crippen LogP contribution in [0.2, 0.25) is 0 Å². The molecule has 0 saturated heterocycles. The Kier molecular flexibility index (Phi) is 3.99. The van der Waals surface area contributed by atoms with Crippen LogP contribution in [0.5, 0.6) is 0 Å². The van der Waals surface area contributed by atoms with Crippen LogP contribution in [-0.2, 0) is 11.2 Å². The van der Waals surface area contributed by atoms with Crippen molar-refractivity contribution in [2.75, 3.05) is 29.9 Å². The third-order valence-electron chi connectivity index (χ3n) is 3.08. The molecule has 0 fully saturated rings. The van der Waals surface area contributed by atoms with Crippen LogP contribution >= 0.6 is 0 Å². The van der Waals surface area contributed by atoms with E-state index in [0.29, 0.717) is 23.5 Å². The average Bonchev–Trinajstić information content (AvgIpc) is 2.76. The molecule has 2 rings (SSSR count). The van der Waals surface area contributed by atoms with Crippen molar-refractivity contribution in [3.63, 3.8) is 0 Å². The van der Waals surface area contributed by atoms with Gasteiger partial charge in [-0.05, 0) is 11.6 Å². The second-order valence-electron chi connectivity index (χ2n) is 4.44. The van der Waals surface area contributed by atoms with Crippen LogP contribution in [0, 0.1) is 10.1 Å². The molecule has 0 aliphatic carbocycles. The van der Waals surface area contributed by atoms with Crippen LogP contribution in [-0.4, -0.2) is 35.6 Å². The van der Waals surface area contributed by atoms with Crippen molar-refractivity contribution in [1.82, 2.24) is 0 Å². The maximum absolute atomic E-state index is 11.4. The third-order valence-corrected chi connectivity index (χ3v) is 3.08. The zero-order chi connectivity index (χ0) is 14.7. The van der Waals surface area contributed by atoms with Crippen molar-refractivity contribution < 1.29 is 14.8 Å². The summed E-state index contributed by atoms with van der Waals surface area (Å²) in [7, 11) is 0. The lowest BCUT2D eigenvalue weighted by Gasteiger charge is -2.22. The molecule has 0 atom stereocenters. The van der Waals surface area contributed by atoms with Gasteiger partial charge in [0.15, 0.2) is 0 Å². The highest BCUT2D eigenvalue weighted by Gasteiger charge is 2.26. The molecule has 1 aromatic rings. The number of fused-ring (bicyclic) bond motifs is 1. The number of hydrogen-bond acceptors (Lipinski definition) is 5. The predicted octanol–water partition coefficient (Wildman–Crippen LogP) is 1.07. The van der Waals surface area contributed by atoms with E-state index in [1.807, 2.05) is 0 Å². The van der Waals surface area contributed by atoms with Gasteiger partial charge in [-0.25, -0.2) is 0 Å². The SMILES string of the molecule is C=CCN(CCO)c1cc2c(cc1[N+](=O)[O-])CC(=O)N2. The molecule has 1 aliphatic heterocycles. The molecule has 7 nitrogen and oxygen atoms in total. The Labute approximate surface area is 115 Å². The molecular weight excluding hydrogens is 262 g/mol. The first-order valence-electron chi connectivity index (χ1n) is 6.14. The molecule has 0 radical (unpaired) electrons. The second-order valence-corrected chi connectivity index (χ2v) is 4.44. The zero-order valence-electron chi connectivity index (χ0n) is 10.8. The lowest BCUT2D eigenvalue weighted by Crippen LogP contribution is -2.27. The second kappa shape index (κ2) is 5.70. The molecule has 1 aliphatic rings. The minimum Gasteiger partial charge on any atom is -0.395 e. The Morgan fingerprint density at radius 2 is 2.30 bits per heavy atom. The number of nitro groups is 1. The van der Waals surface area contributed by atoms with E-state index in [4.69, 9.17) is 5.11 Å². The highest BCUT2D eigenvalue weighted by molar-refractivity contribution is 6.00. The number of carbonyl (C=O) groups excluding carboxylic acids is 1. The smallest absolute Gasteiger partial charge is 0.292 e. The van der Waals surface area contributed by atoms with Gasteiger partial charge in [0.05, 0.1) is 18.0 Å². The fourth-order valence-corrected chi connectivity index (χ4v) is 2.24. The Morgan fingerprint density at radius 3 is 2.90 bits per heavy atom. The highest BCUT2D eigenvalue weighted by Crippen LogP contribution is 2.36. The molecule has 2 N–H and O–H groups in total. The number of aliphatic hydroxyl groups is 1. The van der Waals surface area contributed by atoms with Crippen molar-refractivity contribution >= 4 is 23.0 Å². The number of nitrogens with one attached hydrogen (secondary N) is 1. The Hall–Kier alpha value is -2.41. The molecule has 20 heavy (non-hydrogen) atoms. The van der Waals surface area contributed by atoms with E-state index in [1.54, 1.807) is 17.0 Å². The Morgan fingerprint density at radius 1 is 1.55 bits per heavy atom. The number of nitrogens with zero attached hydrogens (tertiary/aromatic N) is 2. The van der Waals surface area contributed by atoms with Gasteiger partial charge < -0.3 is 15.3 Å². The van der Waals surface area contributed by atoms with Gasteiger partial charge in [-0.1, -0.05) is 6.08 Å². The van der Waals surface area contributed by atoms with Crippen LogP contribution in [0.15, 0.2) is 24.8 Å². The van der Waals surface area contributed by atoms with Crippen LogP contribution in [0.4, 0.5) is 17.1 Å². The number of carbonyl (C=O) groups is 1. The Bertz CT molecular complexity index is 571. The number of aliphatic hydroxyl groups excluding tert-OH is 1. The zero-order valence-corrected chi connectivity index (χ0v) is 10.8. The molecule has 106 valence electrons. The van der Waals surface area contributed by atoms with Crippen molar-refractivity contribution in [2.45, 2.75) is 6.42 Å². The maximum Gasteiger partial charge on any atom is 0.292 e. The van der Waals surface area contributed by atoms with Crippen LogP contribution in [0.25, 0.3) is 0 Å². The summed E-state index contributed by atoms with van der Waals surface area (Å²) in [5.41, 5.74) is 1.50. The summed E-state index contributed by atoms with van der Waals surface area (Å²) < 4.78 is 0. The summed E-state index contributed by atoms with van der Waals surface area (Å²) in [4.78, 5) is 23.7. The minimum atomic E-state index is -0.480. The third kappa shape index (κ3) is 2.62. The van der Waals surface area contributed by atoms with Gasteiger partial charge in [0.25, 0.3) is 5.69 Å². The molecular formula is C13H15N3O4. The number of amides is 1. The number of hydrogen-bond donors (Lipinski definition) is 2. The van der Waals surface area contributed by atoms with Crippen molar-refractivity contribution in [2.24, 2.45) is 0 Å². The van der Waals surface area contributed by atoms with E-state index >= 15 is 0 Å². The molecule has 1 heterocycles. The van der Waals surface area contributed by atoms with E-state index in [1.165, 1.54) is 6.07 Å². The largest absolute Gasteiger partial charge is 0.395 e. The van der Waals surface area contributed by atoms with Crippen LogP contribution in [0.3, 0.4) is 0 Å². The van der Waals surface area contributed by atoms with E-state index in [9.17, 15) is 14.9 Å². The lowest BCUT2D eigenvalue weighted by molar-refractivity contribution is -0.384. The summed E-state index contributed by atoms with van der Waals surface area (Å²) in [6.07, 6.45) is 1.75. The van der Waals surface area contributed by atoms with Crippen LogP contribution < -0.4 is 10.2 Å². The van der Waals surface area contributed by atoms with Gasteiger partial charge in [-0.15, -0.1) is 6.58 Å². The molecule has 0 saturated carbocycles. The fourth-order valence-electron chi connectivity index (χ4n) is 2.24. The normalized spacial score (nSPS) is 12.8. The number of benzene rings is 1. The molecule has 1 amide bonds. The van der Waals surface area contributed by atoms with E-state index in [0.717, 1.165) is 0 Å². The number of rotatable bonds is 6. The molecule has 7 heteroatoms. The first-order valence-corrected chi connectivity index (χ1v) is 6.14. The lowest BCUT2D eigenvalue weighted by atomic mass is 10.1. The standard InChI is InChI=1S/C13H15N3O4/c1-2-3-15(4-5-17)11-8-10-9(7-13(18)14-10)6-12(11)16(19)20/h2,6,8,17H,1,3-5,7H2,(H,14,18). The summed E-state index contributed by atoms with van der Waals surface area (Å²) in [5.74, 6) is -0.177. The molecule has 0 spiro atoms. The van der Waals surface area contributed by atoms with Gasteiger partial charge in [0.1, 0.15) is 5.69 Å².